The van der Waals surface area contributed by atoms with Gasteiger partial charge in [-0.25, -0.2) is 0 Å². The number of benzene rings is 1. The van der Waals surface area contributed by atoms with Gasteiger partial charge in [0.25, 0.3) is 0 Å². The Kier molecular flexibility index (Phi) is 2.15. The van der Waals surface area contributed by atoms with Gasteiger partial charge < -0.3 is 0 Å². The van der Waals surface area contributed by atoms with Gasteiger partial charge in [0, 0.05) is 9.90 Å². The second-order valence-electron chi connectivity index (χ2n) is 2.48. The molecule has 0 saturated heterocycles. The first-order valence-electron chi connectivity index (χ1n) is 3.66. The molecule has 0 spiro atoms. The maximum absolute atomic E-state index is 5.78. The third kappa shape index (κ3) is 1.52. The lowest BCUT2D eigenvalue weighted by Gasteiger charge is -1.95. The predicted octanol–water partition coefficient (Wildman–Crippen LogP) is 4.07. The van der Waals surface area contributed by atoms with Crippen LogP contribution in [0.3, 0.4) is 0 Å². The molecule has 2 rings (SSSR count). The molecular formula is C10H7ClS. The topological polar surface area (TPSA) is 0 Å². The largest absolute Gasteiger partial charge is 0.144 e. The average Bonchev–Trinajstić information content (AvgIpc) is 2.58. The van der Waals surface area contributed by atoms with Crippen molar-refractivity contribution in [3.05, 3.63) is 46.8 Å². The summed E-state index contributed by atoms with van der Waals surface area (Å²) in [6, 6.07) is 12.1. The van der Waals surface area contributed by atoms with Gasteiger partial charge >= 0.3 is 0 Å². The van der Waals surface area contributed by atoms with Crippen LogP contribution in [0.4, 0.5) is 0 Å². The van der Waals surface area contributed by atoms with Crippen LogP contribution in [0, 0.1) is 0 Å². The van der Waals surface area contributed by atoms with E-state index >= 15 is 0 Å². The summed E-state index contributed by atoms with van der Waals surface area (Å²) in [5, 5.41) is 2.86. The molecule has 60 valence electrons. The smallest absolute Gasteiger partial charge is 0.0406 e. The van der Waals surface area contributed by atoms with E-state index in [1.54, 1.807) is 11.3 Å². The maximum Gasteiger partial charge on any atom is 0.0406 e. The molecule has 0 amide bonds. The van der Waals surface area contributed by atoms with Gasteiger partial charge in [0.1, 0.15) is 0 Å². The van der Waals surface area contributed by atoms with Crippen LogP contribution in [0.15, 0.2) is 41.8 Å². The lowest BCUT2D eigenvalue weighted by atomic mass is 10.2. The summed E-state index contributed by atoms with van der Waals surface area (Å²) in [7, 11) is 0. The molecule has 0 aliphatic carbocycles. The molecule has 0 N–H and O–H groups in total. The zero-order chi connectivity index (χ0) is 8.39. The fourth-order valence-electron chi connectivity index (χ4n) is 1.06. The molecule has 1 heterocycles. The van der Waals surface area contributed by atoms with Crippen LogP contribution in [-0.2, 0) is 0 Å². The normalized spacial score (nSPS) is 10.1. The fourth-order valence-corrected chi connectivity index (χ4v) is 1.92. The first-order valence-corrected chi connectivity index (χ1v) is 4.91. The van der Waals surface area contributed by atoms with Crippen LogP contribution in [0.1, 0.15) is 0 Å². The van der Waals surface area contributed by atoms with E-state index < -0.39 is 0 Å². The Labute approximate surface area is 80.4 Å². The van der Waals surface area contributed by atoms with E-state index in [9.17, 15) is 0 Å². The van der Waals surface area contributed by atoms with Crippen molar-refractivity contribution in [1.82, 2.24) is 0 Å². The molecule has 0 bridgehead atoms. The van der Waals surface area contributed by atoms with Crippen LogP contribution in [0.5, 0.6) is 0 Å². The van der Waals surface area contributed by atoms with Crippen molar-refractivity contribution in [2.45, 2.75) is 0 Å². The molecule has 0 aliphatic heterocycles. The van der Waals surface area contributed by atoms with Crippen molar-refractivity contribution < 1.29 is 0 Å². The van der Waals surface area contributed by atoms with E-state index in [0.29, 0.717) is 0 Å². The van der Waals surface area contributed by atoms with Gasteiger partial charge in [0.15, 0.2) is 0 Å². The van der Waals surface area contributed by atoms with E-state index in [0.717, 1.165) is 5.02 Å². The van der Waals surface area contributed by atoms with Crippen molar-refractivity contribution in [2.75, 3.05) is 0 Å². The van der Waals surface area contributed by atoms with E-state index in [1.165, 1.54) is 10.4 Å². The monoisotopic (exact) mass is 194 g/mol. The Bertz CT molecular complexity index is 348. The summed E-state index contributed by atoms with van der Waals surface area (Å²) in [6.45, 7) is 0. The van der Waals surface area contributed by atoms with Gasteiger partial charge in [-0.05, 0) is 29.1 Å². The van der Waals surface area contributed by atoms with Crippen LogP contribution in [0.25, 0.3) is 10.4 Å². The van der Waals surface area contributed by atoms with Crippen molar-refractivity contribution in [2.24, 2.45) is 0 Å². The molecule has 0 saturated carbocycles. The van der Waals surface area contributed by atoms with Gasteiger partial charge in [-0.15, -0.1) is 11.3 Å². The van der Waals surface area contributed by atoms with Gasteiger partial charge in [-0.1, -0.05) is 29.8 Å². The highest BCUT2D eigenvalue weighted by atomic mass is 35.5. The van der Waals surface area contributed by atoms with Crippen molar-refractivity contribution in [3.8, 4) is 10.4 Å². The molecule has 2 heteroatoms. The molecule has 0 radical (unpaired) electrons. The summed E-state index contributed by atoms with van der Waals surface area (Å²) in [4.78, 5) is 1.28. The Morgan fingerprint density at radius 3 is 2.33 bits per heavy atom. The minimum Gasteiger partial charge on any atom is -0.144 e. The molecule has 1 aromatic heterocycles. The molecular weight excluding hydrogens is 188 g/mol. The molecule has 1 aromatic carbocycles. The summed E-state index contributed by atoms with van der Waals surface area (Å²) in [5.41, 5.74) is 1.23. The third-order valence-corrected chi connectivity index (χ3v) is 2.82. The minimum absolute atomic E-state index is 0.787. The van der Waals surface area contributed by atoms with E-state index in [1.807, 2.05) is 24.3 Å². The molecule has 0 fully saturated rings. The van der Waals surface area contributed by atoms with Gasteiger partial charge in [0.05, 0.1) is 0 Å². The second-order valence-corrected chi connectivity index (χ2v) is 3.87. The Hall–Kier alpha value is -0.790. The Morgan fingerprint density at radius 2 is 1.75 bits per heavy atom. The first-order chi connectivity index (χ1) is 5.86. The standard InChI is InChI=1S/C10H7ClS/c11-9-5-3-8(4-6-9)10-2-1-7-12-10/h1-7H. The summed E-state index contributed by atoms with van der Waals surface area (Å²) < 4.78 is 0. The van der Waals surface area contributed by atoms with Crippen molar-refractivity contribution in [1.29, 1.82) is 0 Å². The lowest BCUT2D eigenvalue weighted by Crippen LogP contribution is -1.69. The van der Waals surface area contributed by atoms with Crippen LogP contribution in [0.2, 0.25) is 5.02 Å². The number of hydrogen-bond donors (Lipinski definition) is 0. The molecule has 2 aromatic rings. The Balaban J connectivity index is 2.43. The SMILES string of the molecule is Clc1ccc(-c2cccs2)cc1. The quantitative estimate of drug-likeness (QED) is 0.642. The highest BCUT2D eigenvalue weighted by Crippen LogP contribution is 2.25. The predicted molar refractivity (Wildman–Crippen MR) is 54.8 cm³/mol. The number of halogens is 1. The maximum atomic E-state index is 5.78. The average molecular weight is 195 g/mol. The third-order valence-electron chi connectivity index (χ3n) is 1.65. The van der Waals surface area contributed by atoms with E-state index in [4.69, 9.17) is 11.6 Å². The zero-order valence-electron chi connectivity index (χ0n) is 6.33. The number of hydrogen-bond acceptors (Lipinski definition) is 1. The van der Waals surface area contributed by atoms with Gasteiger partial charge in [0.2, 0.25) is 0 Å². The van der Waals surface area contributed by atoms with Crippen molar-refractivity contribution >= 4 is 22.9 Å². The fraction of sp³-hybridized carbons (Fsp3) is 0. The van der Waals surface area contributed by atoms with Crippen LogP contribution >= 0.6 is 22.9 Å². The molecule has 0 aliphatic rings. The van der Waals surface area contributed by atoms with Crippen LogP contribution < -0.4 is 0 Å². The van der Waals surface area contributed by atoms with E-state index in [2.05, 4.69) is 17.5 Å². The number of thiophene rings is 1. The molecule has 12 heavy (non-hydrogen) atoms. The highest BCUT2D eigenvalue weighted by Gasteiger charge is 1.96. The molecule has 0 atom stereocenters. The summed E-state index contributed by atoms with van der Waals surface area (Å²) in [5.74, 6) is 0. The zero-order valence-corrected chi connectivity index (χ0v) is 7.90. The number of rotatable bonds is 1. The first kappa shape index (κ1) is 7.84. The Morgan fingerprint density at radius 1 is 1.00 bits per heavy atom. The summed E-state index contributed by atoms with van der Waals surface area (Å²) in [6.07, 6.45) is 0. The van der Waals surface area contributed by atoms with E-state index in [-0.39, 0.29) is 0 Å². The second kappa shape index (κ2) is 3.30. The van der Waals surface area contributed by atoms with Crippen LogP contribution in [-0.4, -0.2) is 0 Å². The molecule has 0 unspecified atom stereocenters. The van der Waals surface area contributed by atoms with Gasteiger partial charge in [-0.3, -0.25) is 0 Å². The lowest BCUT2D eigenvalue weighted by molar-refractivity contribution is 1.70. The summed E-state index contributed by atoms with van der Waals surface area (Å²) >= 11 is 7.52. The minimum atomic E-state index is 0.787. The highest BCUT2D eigenvalue weighted by molar-refractivity contribution is 7.13. The molecule has 0 nitrogen and oxygen atoms in total. The van der Waals surface area contributed by atoms with Gasteiger partial charge in [-0.2, -0.15) is 0 Å². The van der Waals surface area contributed by atoms with Crippen molar-refractivity contribution in [3.63, 3.8) is 0 Å².